The fourth-order valence-electron chi connectivity index (χ4n) is 2.53. The zero-order valence-corrected chi connectivity index (χ0v) is 11.1. The molecule has 1 heterocycles. The highest BCUT2D eigenvalue weighted by Crippen LogP contribution is 2.21. The third kappa shape index (κ3) is 2.27. The highest BCUT2D eigenvalue weighted by molar-refractivity contribution is 5.83. The average Bonchev–Trinajstić information content (AvgIpc) is 2.85. The number of hydrogen-bond donors (Lipinski definition) is 1. The zero-order chi connectivity index (χ0) is 13.2. The molecule has 19 heavy (non-hydrogen) atoms. The maximum atomic E-state index is 5.84. The van der Waals surface area contributed by atoms with Crippen LogP contribution in [0.5, 0.6) is 0 Å². The lowest BCUT2D eigenvalue weighted by atomic mass is 10.1. The lowest BCUT2D eigenvalue weighted by molar-refractivity contribution is 0.829. The molecular weight excluding hydrogens is 232 g/mol. The van der Waals surface area contributed by atoms with Gasteiger partial charge in [-0.25, -0.2) is 0 Å². The Morgan fingerprint density at radius 2 is 1.79 bits per heavy atom. The van der Waals surface area contributed by atoms with Gasteiger partial charge >= 0.3 is 0 Å². The lowest BCUT2D eigenvalue weighted by Crippen LogP contribution is -2.03. The minimum atomic E-state index is 0.579. The number of nitrogens with zero attached hydrogens (tertiary/aromatic N) is 1. The molecule has 0 aliphatic heterocycles. The largest absolute Gasteiger partial charge is 0.343 e. The summed E-state index contributed by atoms with van der Waals surface area (Å²) in [6.45, 7) is 3.58. The zero-order valence-electron chi connectivity index (χ0n) is 11.1. The Kier molecular flexibility index (Phi) is 3.10. The molecule has 0 spiro atoms. The van der Waals surface area contributed by atoms with Gasteiger partial charge < -0.3 is 10.3 Å². The van der Waals surface area contributed by atoms with E-state index in [1.54, 1.807) is 0 Å². The van der Waals surface area contributed by atoms with E-state index >= 15 is 0 Å². The van der Waals surface area contributed by atoms with E-state index in [-0.39, 0.29) is 0 Å². The van der Waals surface area contributed by atoms with E-state index in [0.717, 1.165) is 6.54 Å². The summed E-state index contributed by atoms with van der Waals surface area (Å²) in [6.07, 6.45) is 2.14. The lowest BCUT2D eigenvalue weighted by Gasteiger charge is -2.09. The third-order valence-electron chi connectivity index (χ3n) is 3.57. The maximum Gasteiger partial charge on any atom is 0.0528 e. The topological polar surface area (TPSA) is 30.9 Å². The molecule has 1 aromatic heterocycles. The second-order valence-electron chi connectivity index (χ2n) is 4.99. The van der Waals surface area contributed by atoms with E-state index in [9.17, 15) is 0 Å². The first-order chi connectivity index (χ1) is 9.28. The first-order valence-electron chi connectivity index (χ1n) is 6.60. The van der Waals surface area contributed by atoms with Crippen LogP contribution in [0.25, 0.3) is 10.9 Å². The third-order valence-corrected chi connectivity index (χ3v) is 3.57. The number of nitrogens with two attached hydrogens (primary N) is 1. The summed E-state index contributed by atoms with van der Waals surface area (Å²) in [7, 11) is 0. The molecule has 3 aromatic rings. The molecule has 2 N–H and O–H groups in total. The summed E-state index contributed by atoms with van der Waals surface area (Å²) in [5, 5.41) is 1.26. The summed E-state index contributed by atoms with van der Waals surface area (Å²) < 4.78 is 2.28. The summed E-state index contributed by atoms with van der Waals surface area (Å²) in [5.74, 6) is 0. The summed E-state index contributed by atoms with van der Waals surface area (Å²) in [5.41, 5.74) is 10.9. The van der Waals surface area contributed by atoms with Crippen molar-refractivity contribution in [2.45, 2.75) is 20.0 Å². The van der Waals surface area contributed by atoms with Crippen LogP contribution in [0.3, 0.4) is 0 Å². The van der Waals surface area contributed by atoms with Gasteiger partial charge in [0.1, 0.15) is 0 Å². The Morgan fingerprint density at radius 1 is 1.00 bits per heavy atom. The molecule has 2 aromatic carbocycles. The van der Waals surface area contributed by atoms with Crippen molar-refractivity contribution in [1.82, 2.24) is 4.57 Å². The predicted octanol–water partition coefficient (Wildman–Crippen LogP) is 3.46. The van der Waals surface area contributed by atoms with Crippen molar-refractivity contribution in [3.8, 4) is 0 Å². The highest BCUT2D eigenvalue weighted by Gasteiger charge is 2.05. The van der Waals surface area contributed by atoms with Crippen LogP contribution in [0.15, 0.2) is 54.7 Å². The van der Waals surface area contributed by atoms with Gasteiger partial charge in [-0.15, -0.1) is 0 Å². The van der Waals surface area contributed by atoms with Crippen molar-refractivity contribution in [2.75, 3.05) is 0 Å². The van der Waals surface area contributed by atoms with Crippen LogP contribution in [0.2, 0.25) is 0 Å². The van der Waals surface area contributed by atoms with Crippen molar-refractivity contribution in [1.29, 1.82) is 0 Å². The Hall–Kier alpha value is -2.06. The van der Waals surface area contributed by atoms with Gasteiger partial charge in [0, 0.05) is 19.3 Å². The molecule has 96 valence electrons. The molecule has 0 radical (unpaired) electrons. The molecule has 2 heteroatoms. The number of hydrogen-bond acceptors (Lipinski definition) is 1. The van der Waals surface area contributed by atoms with Crippen LogP contribution in [-0.4, -0.2) is 4.57 Å². The van der Waals surface area contributed by atoms with E-state index in [1.807, 2.05) is 0 Å². The second kappa shape index (κ2) is 4.90. The van der Waals surface area contributed by atoms with Gasteiger partial charge in [-0.3, -0.25) is 0 Å². The minimum absolute atomic E-state index is 0.579. The van der Waals surface area contributed by atoms with E-state index in [2.05, 4.69) is 66.2 Å². The Labute approximate surface area is 113 Å². The van der Waals surface area contributed by atoms with Gasteiger partial charge in [0.2, 0.25) is 0 Å². The van der Waals surface area contributed by atoms with Crippen molar-refractivity contribution in [3.05, 3.63) is 71.4 Å². The van der Waals surface area contributed by atoms with E-state index < -0.39 is 0 Å². The monoisotopic (exact) mass is 250 g/mol. The predicted molar refractivity (Wildman–Crippen MR) is 80.1 cm³/mol. The first-order valence-corrected chi connectivity index (χ1v) is 6.60. The maximum absolute atomic E-state index is 5.84. The molecule has 0 amide bonds. The smallest absolute Gasteiger partial charge is 0.0528 e. The first kappa shape index (κ1) is 12.0. The van der Waals surface area contributed by atoms with Gasteiger partial charge in [-0.2, -0.15) is 0 Å². The second-order valence-corrected chi connectivity index (χ2v) is 4.99. The summed E-state index contributed by atoms with van der Waals surface area (Å²) in [4.78, 5) is 0. The fourth-order valence-corrected chi connectivity index (χ4v) is 2.53. The number of para-hydroxylation sites is 1. The van der Waals surface area contributed by atoms with E-state index in [4.69, 9.17) is 5.73 Å². The van der Waals surface area contributed by atoms with Crippen LogP contribution in [0, 0.1) is 6.92 Å². The molecule has 0 unspecified atom stereocenters. The molecule has 0 saturated carbocycles. The van der Waals surface area contributed by atoms with Crippen molar-refractivity contribution >= 4 is 10.9 Å². The Morgan fingerprint density at radius 3 is 2.53 bits per heavy atom. The van der Waals surface area contributed by atoms with Crippen LogP contribution in [0.4, 0.5) is 0 Å². The number of benzene rings is 2. The normalized spacial score (nSPS) is 11.1. The van der Waals surface area contributed by atoms with Crippen LogP contribution in [0.1, 0.15) is 16.7 Å². The highest BCUT2D eigenvalue weighted by atomic mass is 15.0. The SMILES string of the molecule is Cc1ccc(Cn2ccc3cccc(CN)c32)cc1. The van der Waals surface area contributed by atoms with Gasteiger partial charge in [0.25, 0.3) is 0 Å². The summed E-state index contributed by atoms with van der Waals surface area (Å²) >= 11 is 0. The van der Waals surface area contributed by atoms with Gasteiger partial charge in [-0.05, 0) is 29.5 Å². The molecule has 0 bridgehead atoms. The van der Waals surface area contributed by atoms with Gasteiger partial charge in [0.05, 0.1) is 5.52 Å². The van der Waals surface area contributed by atoms with Crippen LogP contribution in [-0.2, 0) is 13.1 Å². The van der Waals surface area contributed by atoms with Crippen LogP contribution >= 0.6 is 0 Å². The minimum Gasteiger partial charge on any atom is -0.343 e. The van der Waals surface area contributed by atoms with Crippen LogP contribution < -0.4 is 5.73 Å². The molecule has 0 aliphatic carbocycles. The van der Waals surface area contributed by atoms with E-state index in [0.29, 0.717) is 6.54 Å². The van der Waals surface area contributed by atoms with Crippen molar-refractivity contribution in [3.63, 3.8) is 0 Å². The quantitative estimate of drug-likeness (QED) is 0.758. The summed E-state index contributed by atoms with van der Waals surface area (Å²) in [6, 6.07) is 17.2. The van der Waals surface area contributed by atoms with Gasteiger partial charge in [-0.1, -0.05) is 48.0 Å². The van der Waals surface area contributed by atoms with Crippen molar-refractivity contribution < 1.29 is 0 Å². The molecule has 0 atom stereocenters. The number of rotatable bonds is 3. The molecule has 0 aliphatic rings. The number of aryl methyl sites for hydroxylation is 1. The molecule has 2 nitrogen and oxygen atoms in total. The van der Waals surface area contributed by atoms with Crippen molar-refractivity contribution in [2.24, 2.45) is 5.73 Å². The van der Waals surface area contributed by atoms with E-state index in [1.165, 1.54) is 27.6 Å². The fraction of sp³-hybridized carbons (Fsp3) is 0.176. The number of fused-ring (bicyclic) bond motifs is 1. The standard InChI is InChI=1S/C17H18N2/c1-13-5-7-14(8-6-13)12-19-10-9-15-3-2-4-16(11-18)17(15)19/h2-10H,11-12,18H2,1H3. The molecule has 0 fully saturated rings. The molecule has 0 saturated heterocycles. The Balaban J connectivity index is 2.03. The molecular formula is C17H18N2. The van der Waals surface area contributed by atoms with Gasteiger partial charge in [0.15, 0.2) is 0 Å². The Bertz CT molecular complexity index is 693. The molecule has 3 rings (SSSR count). The number of aromatic nitrogens is 1. The average molecular weight is 250 g/mol.